The van der Waals surface area contributed by atoms with Gasteiger partial charge in [-0.25, -0.2) is 4.98 Å². The standard InChI is InChI=1S/C29H26N6O3/c1-29(17-30)18-38-16-21-6-5-19(12-23(21)29)27(36)32-15-22-13-24-20(14-31-22)7-8-26(33-24)35-11-2-4-25(28(35)37)34-9-3-10-34/h2,4-8,11-14H,3,9-10,15-16,18H2,1H3,(H,32,36)/t29-/m1/s1. The first kappa shape index (κ1) is 23.8. The van der Waals surface area contributed by atoms with Crippen LogP contribution in [0.5, 0.6) is 0 Å². The molecule has 38 heavy (non-hydrogen) atoms. The van der Waals surface area contributed by atoms with Crippen molar-refractivity contribution in [2.24, 2.45) is 0 Å². The average Bonchev–Trinajstić information content (AvgIpc) is 2.91. The molecule has 2 aliphatic heterocycles. The van der Waals surface area contributed by atoms with Crippen LogP contribution in [0.25, 0.3) is 16.7 Å². The van der Waals surface area contributed by atoms with Crippen LogP contribution in [-0.4, -0.2) is 40.1 Å². The Morgan fingerprint density at radius 1 is 1.21 bits per heavy atom. The predicted molar refractivity (Wildman–Crippen MR) is 142 cm³/mol. The van der Waals surface area contributed by atoms with E-state index in [9.17, 15) is 14.9 Å². The van der Waals surface area contributed by atoms with Gasteiger partial charge in [-0.1, -0.05) is 6.07 Å². The summed E-state index contributed by atoms with van der Waals surface area (Å²) in [4.78, 5) is 37.3. The molecule has 3 aromatic heterocycles. The van der Waals surface area contributed by atoms with Gasteiger partial charge in [-0.2, -0.15) is 5.26 Å². The summed E-state index contributed by atoms with van der Waals surface area (Å²) in [6, 6.07) is 16.9. The largest absolute Gasteiger partial charge is 0.375 e. The molecule has 1 aromatic carbocycles. The first-order valence-corrected chi connectivity index (χ1v) is 12.6. The lowest BCUT2D eigenvalue weighted by Gasteiger charge is -2.32. The Hall–Kier alpha value is -4.55. The normalized spacial score (nSPS) is 18.4. The number of pyridine rings is 3. The Labute approximate surface area is 219 Å². The first-order valence-electron chi connectivity index (χ1n) is 12.6. The SMILES string of the molecule is C[C@@]1(C#N)COCc2ccc(C(=O)NCc3cc4nc(-n5cccc(N6CCC6)c5=O)ccc4cn3)cc21. The number of fused-ring (bicyclic) bond motifs is 2. The van der Waals surface area contributed by atoms with Gasteiger partial charge in [-0.3, -0.25) is 19.1 Å². The summed E-state index contributed by atoms with van der Waals surface area (Å²) in [6.45, 7) is 4.54. The van der Waals surface area contributed by atoms with Crippen LogP contribution in [0.4, 0.5) is 5.69 Å². The number of nitrogens with one attached hydrogen (secondary N) is 1. The molecule has 1 saturated heterocycles. The van der Waals surface area contributed by atoms with Crippen molar-refractivity contribution in [2.75, 3.05) is 24.6 Å². The van der Waals surface area contributed by atoms with Crippen molar-refractivity contribution in [3.8, 4) is 11.9 Å². The van der Waals surface area contributed by atoms with Crippen molar-refractivity contribution >= 4 is 22.5 Å². The molecule has 1 N–H and O–H groups in total. The Balaban J connectivity index is 1.22. The lowest BCUT2D eigenvalue weighted by Crippen LogP contribution is -2.41. The van der Waals surface area contributed by atoms with Gasteiger partial charge < -0.3 is 15.0 Å². The van der Waals surface area contributed by atoms with Crippen molar-refractivity contribution in [1.82, 2.24) is 19.9 Å². The summed E-state index contributed by atoms with van der Waals surface area (Å²) < 4.78 is 7.11. The van der Waals surface area contributed by atoms with Gasteiger partial charge in [0.15, 0.2) is 0 Å². The van der Waals surface area contributed by atoms with Crippen molar-refractivity contribution in [2.45, 2.75) is 31.9 Å². The van der Waals surface area contributed by atoms with Gasteiger partial charge >= 0.3 is 0 Å². The highest BCUT2D eigenvalue weighted by Gasteiger charge is 2.33. The number of nitriles is 1. The highest BCUT2D eigenvalue weighted by Crippen LogP contribution is 2.32. The molecular weight excluding hydrogens is 480 g/mol. The van der Waals surface area contributed by atoms with Crippen molar-refractivity contribution < 1.29 is 9.53 Å². The second kappa shape index (κ2) is 9.39. The fourth-order valence-corrected chi connectivity index (χ4v) is 4.90. The summed E-state index contributed by atoms with van der Waals surface area (Å²) >= 11 is 0. The molecule has 2 aliphatic rings. The maximum atomic E-state index is 13.1. The maximum Gasteiger partial charge on any atom is 0.279 e. The number of amides is 1. The van der Waals surface area contributed by atoms with Crippen LogP contribution in [0.2, 0.25) is 0 Å². The zero-order valence-electron chi connectivity index (χ0n) is 21.0. The Morgan fingerprint density at radius 2 is 2.08 bits per heavy atom. The van der Waals surface area contributed by atoms with E-state index in [1.165, 1.54) is 0 Å². The summed E-state index contributed by atoms with van der Waals surface area (Å²) in [7, 11) is 0. The molecule has 0 bridgehead atoms. The van der Waals surface area contributed by atoms with E-state index in [0.29, 0.717) is 41.5 Å². The van der Waals surface area contributed by atoms with E-state index in [1.54, 1.807) is 29.1 Å². The fraction of sp³-hybridized carbons (Fsp3) is 0.276. The second-order valence-electron chi connectivity index (χ2n) is 9.94. The molecule has 1 amide bonds. The lowest BCUT2D eigenvalue weighted by atomic mass is 9.79. The summed E-state index contributed by atoms with van der Waals surface area (Å²) in [5, 5.41) is 13.4. The van der Waals surface area contributed by atoms with Crippen LogP contribution < -0.4 is 15.8 Å². The molecule has 5 heterocycles. The van der Waals surface area contributed by atoms with E-state index in [0.717, 1.165) is 36.0 Å². The molecule has 190 valence electrons. The van der Waals surface area contributed by atoms with Crippen LogP contribution in [-0.2, 0) is 23.3 Å². The zero-order valence-corrected chi connectivity index (χ0v) is 21.0. The smallest absolute Gasteiger partial charge is 0.279 e. The minimum absolute atomic E-state index is 0.0929. The molecule has 0 saturated carbocycles. The van der Waals surface area contributed by atoms with Crippen LogP contribution in [0.3, 0.4) is 0 Å². The third-order valence-corrected chi connectivity index (χ3v) is 7.28. The molecule has 1 atom stereocenters. The van der Waals surface area contributed by atoms with E-state index in [-0.39, 0.29) is 18.0 Å². The lowest BCUT2D eigenvalue weighted by molar-refractivity contribution is 0.0757. The van der Waals surface area contributed by atoms with E-state index in [2.05, 4.69) is 21.3 Å². The number of rotatable bonds is 5. The molecule has 0 radical (unpaired) electrons. The topological polar surface area (TPSA) is 113 Å². The number of ether oxygens (including phenoxy) is 1. The third-order valence-electron chi connectivity index (χ3n) is 7.28. The zero-order chi connectivity index (χ0) is 26.3. The number of benzene rings is 1. The minimum atomic E-state index is -0.788. The van der Waals surface area contributed by atoms with Gasteiger partial charge in [-0.05, 0) is 66.9 Å². The van der Waals surface area contributed by atoms with Crippen molar-refractivity contribution in [1.29, 1.82) is 5.26 Å². The quantitative estimate of drug-likeness (QED) is 0.442. The van der Waals surface area contributed by atoms with E-state index < -0.39 is 5.41 Å². The summed E-state index contributed by atoms with van der Waals surface area (Å²) in [6.07, 6.45) is 4.53. The summed E-state index contributed by atoms with van der Waals surface area (Å²) in [5.41, 5.74) is 3.36. The predicted octanol–water partition coefficient (Wildman–Crippen LogP) is 3.23. The number of hydrogen-bond acceptors (Lipinski definition) is 7. The van der Waals surface area contributed by atoms with Gasteiger partial charge in [-0.15, -0.1) is 0 Å². The molecule has 9 heteroatoms. The van der Waals surface area contributed by atoms with Gasteiger partial charge in [0.05, 0.1) is 37.0 Å². The summed E-state index contributed by atoms with van der Waals surface area (Å²) in [5.74, 6) is 0.280. The molecule has 0 spiro atoms. The fourth-order valence-electron chi connectivity index (χ4n) is 4.90. The Bertz CT molecular complexity index is 1670. The maximum absolute atomic E-state index is 13.1. The molecule has 9 nitrogen and oxygen atoms in total. The molecule has 6 rings (SSSR count). The van der Waals surface area contributed by atoms with Gasteiger partial charge in [0.25, 0.3) is 11.5 Å². The van der Waals surface area contributed by atoms with Crippen molar-refractivity contribution in [3.63, 3.8) is 0 Å². The van der Waals surface area contributed by atoms with Crippen LogP contribution in [0.1, 0.15) is 40.5 Å². The Kier molecular flexibility index (Phi) is 5.89. The molecule has 0 aliphatic carbocycles. The first-order chi connectivity index (χ1) is 18.4. The van der Waals surface area contributed by atoms with Crippen LogP contribution in [0.15, 0.2) is 65.7 Å². The van der Waals surface area contributed by atoms with Gasteiger partial charge in [0.1, 0.15) is 16.9 Å². The van der Waals surface area contributed by atoms with Crippen molar-refractivity contribution in [3.05, 3.63) is 93.7 Å². The number of aromatic nitrogens is 3. The van der Waals surface area contributed by atoms with E-state index in [4.69, 9.17) is 9.72 Å². The average molecular weight is 507 g/mol. The van der Waals surface area contributed by atoms with E-state index in [1.807, 2.05) is 43.3 Å². The Morgan fingerprint density at radius 3 is 2.87 bits per heavy atom. The van der Waals surface area contributed by atoms with Crippen LogP contribution in [0, 0.1) is 11.3 Å². The number of anilines is 1. The molecular formula is C29H26N6O3. The molecule has 4 aromatic rings. The molecule has 1 fully saturated rings. The third kappa shape index (κ3) is 4.19. The number of carbonyl (C=O) groups excluding carboxylic acids is 1. The van der Waals surface area contributed by atoms with Gasteiger partial charge in [0, 0.05) is 36.4 Å². The monoisotopic (exact) mass is 506 g/mol. The highest BCUT2D eigenvalue weighted by atomic mass is 16.5. The highest BCUT2D eigenvalue weighted by molar-refractivity contribution is 5.94. The van der Waals surface area contributed by atoms with Gasteiger partial charge in [0.2, 0.25) is 0 Å². The molecule has 0 unspecified atom stereocenters. The minimum Gasteiger partial charge on any atom is -0.375 e. The van der Waals surface area contributed by atoms with Crippen LogP contribution >= 0.6 is 0 Å². The number of hydrogen-bond donors (Lipinski definition) is 1. The second-order valence-corrected chi connectivity index (χ2v) is 9.94. The van der Waals surface area contributed by atoms with E-state index >= 15 is 0 Å². The number of nitrogens with zero attached hydrogens (tertiary/aromatic N) is 5. The number of carbonyl (C=O) groups is 1.